The largest absolute Gasteiger partial charge is 0.394 e. The van der Waals surface area contributed by atoms with Crippen LogP contribution in [0.3, 0.4) is 0 Å². The highest BCUT2D eigenvalue weighted by Gasteiger charge is 2.44. The van der Waals surface area contributed by atoms with E-state index in [1.165, 1.54) is 12.8 Å². The quantitative estimate of drug-likeness (QED) is 0.574. The number of allylic oxidation sites excluding steroid dienone is 4. The number of aliphatic hydroxyl groups excluding tert-OH is 2. The van der Waals surface area contributed by atoms with Gasteiger partial charge in [-0.05, 0) is 36.5 Å². The van der Waals surface area contributed by atoms with Crippen molar-refractivity contribution in [1.82, 2.24) is 0 Å². The first-order chi connectivity index (χ1) is 8.36. The van der Waals surface area contributed by atoms with Gasteiger partial charge in [0.05, 0.1) is 26.4 Å². The third-order valence-electron chi connectivity index (χ3n) is 3.93. The highest BCUT2D eigenvalue weighted by Crippen LogP contribution is 2.52. The van der Waals surface area contributed by atoms with E-state index in [1.54, 1.807) is 0 Å². The Kier molecular flexibility index (Phi) is 4.77. The maximum absolute atomic E-state index is 8.09. The SMILES string of the molecule is C1=CC2C3C=CC(C3)C2C1.OCCOCCO. The summed E-state index contributed by atoms with van der Waals surface area (Å²) < 4.78 is 4.63. The Balaban J connectivity index is 0.000000139. The molecule has 0 aliphatic heterocycles. The van der Waals surface area contributed by atoms with Crippen LogP contribution >= 0.6 is 0 Å². The molecule has 17 heavy (non-hydrogen) atoms. The number of fused-ring (bicyclic) bond motifs is 5. The van der Waals surface area contributed by atoms with Crippen molar-refractivity contribution < 1.29 is 14.9 Å². The molecule has 3 aliphatic carbocycles. The molecular formula is C14H22O3. The van der Waals surface area contributed by atoms with Gasteiger partial charge in [-0.1, -0.05) is 24.3 Å². The molecule has 4 unspecified atom stereocenters. The van der Waals surface area contributed by atoms with Crippen molar-refractivity contribution in [2.24, 2.45) is 23.7 Å². The van der Waals surface area contributed by atoms with Crippen LogP contribution in [0.2, 0.25) is 0 Å². The predicted octanol–water partition coefficient (Wildman–Crippen LogP) is 1.37. The van der Waals surface area contributed by atoms with Gasteiger partial charge < -0.3 is 14.9 Å². The second kappa shape index (κ2) is 6.34. The van der Waals surface area contributed by atoms with Crippen LogP contribution in [0.4, 0.5) is 0 Å². The van der Waals surface area contributed by atoms with E-state index in [2.05, 4.69) is 29.0 Å². The van der Waals surface area contributed by atoms with Gasteiger partial charge in [0, 0.05) is 0 Å². The molecular weight excluding hydrogens is 216 g/mol. The fourth-order valence-corrected chi connectivity index (χ4v) is 3.20. The average molecular weight is 238 g/mol. The summed E-state index contributed by atoms with van der Waals surface area (Å²) in [5, 5.41) is 16.2. The fourth-order valence-electron chi connectivity index (χ4n) is 3.20. The van der Waals surface area contributed by atoms with E-state index >= 15 is 0 Å². The van der Waals surface area contributed by atoms with Crippen LogP contribution in [0.25, 0.3) is 0 Å². The van der Waals surface area contributed by atoms with Crippen molar-refractivity contribution in [2.45, 2.75) is 12.8 Å². The number of rotatable bonds is 4. The minimum Gasteiger partial charge on any atom is -0.394 e. The molecule has 0 saturated heterocycles. The lowest BCUT2D eigenvalue weighted by Crippen LogP contribution is -2.12. The number of hydrogen-bond donors (Lipinski definition) is 2. The van der Waals surface area contributed by atoms with Gasteiger partial charge in [-0.25, -0.2) is 0 Å². The van der Waals surface area contributed by atoms with Gasteiger partial charge in [0.1, 0.15) is 0 Å². The van der Waals surface area contributed by atoms with Crippen LogP contribution in [0.1, 0.15) is 12.8 Å². The van der Waals surface area contributed by atoms with Gasteiger partial charge in [-0.2, -0.15) is 0 Å². The lowest BCUT2D eigenvalue weighted by atomic mass is 9.86. The zero-order valence-corrected chi connectivity index (χ0v) is 10.2. The van der Waals surface area contributed by atoms with E-state index in [9.17, 15) is 0 Å². The first kappa shape index (κ1) is 12.8. The average Bonchev–Trinajstić information content (AvgIpc) is 3.04. The summed E-state index contributed by atoms with van der Waals surface area (Å²) in [6, 6.07) is 0. The molecule has 1 saturated carbocycles. The highest BCUT2D eigenvalue weighted by atomic mass is 16.5. The Labute approximate surface area is 103 Å². The summed E-state index contributed by atoms with van der Waals surface area (Å²) in [6.07, 6.45) is 12.5. The summed E-state index contributed by atoms with van der Waals surface area (Å²) in [5.41, 5.74) is 0. The first-order valence-electron chi connectivity index (χ1n) is 6.51. The van der Waals surface area contributed by atoms with E-state index in [0.29, 0.717) is 13.2 Å². The molecule has 0 spiro atoms. The molecule has 4 atom stereocenters. The molecule has 0 aromatic carbocycles. The Bertz CT molecular complexity index is 281. The standard InChI is InChI=1S/C10H12.C4H10O3/c1-2-9-7-4-5-8(6-7)10(9)3-1;5-1-3-7-4-2-6/h1-2,4-5,7-10H,3,6H2;5-6H,1-4H2. The molecule has 3 aliphatic rings. The summed E-state index contributed by atoms with van der Waals surface area (Å²) in [7, 11) is 0. The predicted molar refractivity (Wildman–Crippen MR) is 66.5 cm³/mol. The number of aliphatic hydroxyl groups is 2. The second-order valence-corrected chi connectivity index (χ2v) is 4.91. The molecule has 3 rings (SSSR count). The normalized spacial score (nSPS) is 35.9. The third-order valence-corrected chi connectivity index (χ3v) is 3.93. The molecule has 2 bridgehead atoms. The topological polar surface area (TPSA) is 49.7 Å². The van der Waals surface area contributed by atoms with Crippen molar-refractivity contribution in [2.75, 3.05) is 26.4 Å². The molecule has 2 N–H and O–H groups in total. The second-order valence-electron chi connectivity index (χ2n) is 4.91. The molecule has 0 aromatic rings. The van der Waals surface area contributed by atoms with Crippen molar-refractivity contribution in [3.05, 3.63) is 24.3 Å². The maximum Gasteiger partial charge on any atom is 0.0698 e. The first-order valence-corrected chi connectivity index (χ1v) is 6.51. The van der Waals surface area contributed by atoms with Gasteiger partial charge in [-0.15, -0.1) is 0 Å². The van der Waals surface area contributed by atoms with Crippen molar-refractivity contribution in [3.8, 4) is 0 Å². The highest BCUT2D eigenvalue weighted by molar-refractivity contribution is 5.21. The van der Waals surface area contributed by atoms with Crippen LogP contribution in [0, 0.1) is 23.7 Å². The number of hydrogen-bond acceptors (Lipinski definition) is 3. The minimum absolute atomic E-state index is 0.0278. The molecule has 1 fully saturated rings. The molecule has 0 heterocycles. The Morgan fingerprint density at radius 1 is 1.00 bits per heavy atom. The summed E-state index contributed by atoms with van der Waals surface area (Å²) in [6.45, 7) is 0.696. The van der Waals surface area contributed by atoms with Gasteiger partial charge in [-0.3, -0.25) is 0 Å². The van der Waals surface area contributed by atoms with Gasteiger partial charge in [0.2, 0.25) is 0 Å². The monoisotopic (exact) mass is 238 g/mol. The summed E-state index contributed by atoms with van der Waals surface area (Å²) in [4.78, 5) is 0. The van der Waals surface area contributed by atoms with Gasteiger partial charge in [0.15, 0.2) is 0 Å². The van der Waals surface area contributed by atoms with E-state index < -0.39 is 0 Å². The van der Waals surface area contributed by atoms with E-state index in [0.717, 1.165) is 23.7 Å². The van der Waals surface area contributed by atoms with Crippen LogP contribution in [-0.4, -0.2) is 36.6 Å². The van der Waals surface area contributed by atoms with Crippen molar-refractivity contribution in [1.29, 1.82) is 0 Å². The Morgan fingerprint density at radius 3 is 2.35 bits per heavy atom. The van der Waals surface area contributed by atoms with Gasteiger partial charge >= 0.3 is 0 Å². The zero-order chi connectivity index (χ0) is 12.1. The van der Waals surface area contributed by atoms with Crippen molar-refractivity contribution in [3.63, 3.8) is 0 Å². The van der Waals surface area contributed by atoms with Crippen LogP contribution in [-0.2, 0) is 4.74 Å². The zero-order valence-electron chi connectivity index (χ0n) is 10.2. The fraction of sp³-hybridized carbons (Fsp3) is 0.714. The Hall–Kier alpha value is -0.640. The lowest BCUT2D eigenvalue weighted by molar-refractivity contribution is 0.0650. The number of ether oxygens (including phenoxy) is 1. The van der Waals surface area contributed by atoms with E-state index in [1.807, 2.05) is 0 Å². The molecule has 0 radical (unpaired) electrons. The summed E-state index contributed by atoms with van der Waals surface area (Å²) in [5.74, 6) is 3.82. The molecule has 0 amide bonds. The molecule has 0 aromatic heterocycles. The van der Waals surface area contributed by atoms with Crippen molar-refractivity contribution >= 4 is 0 Å². The third kappa shape index (κ3) is 2.97. The van der Waals surface area contributed by atoms with E-state index in [4.69, 9.17) is 10.2 Å². The molecule has 3 nitrogen and oxygen atoms in total. The van der Waals surface area contributed by atoms with Crippen LogP contribution < -0.4 is 0 Å². The van der Waals surface area contributed by atoms with Gasteiger partial charge in [0.25, 0.3) is 0 Å². The van der Waals surface area contributed by atoms with Crippen LogP contribution in [0.15, 0.2) is 24.3 Å². The van der Waals surface area contributed by atoms with E-state index in [-0.39, 0.29) is 13.2 Å². The smallest absolute Gasteiger partial charge is 0.0698 e. The molecule has 96 valence electrons. The Morgan fingerprint density at radius 2 is 1.71 bits per heavy atom. The maximum atomic E-state index is 8.09. The van der Waals surface area contributed by atoms with Crippen LogP contribution in [0.5, 0.6) is 0 Å². The molecule has 3 heteroatoms. The minimum atomic E-state index is 0.0278. The lowest BCUT2D eigenvalue weighted by Gasteiger charge is -2.18. The summed E-state index contributed by atoms with van der Waals surface area (Å²) >= 11 is 0.